The Balaban J connectivity index is 1.76. The van der Waals surface area contributed by atoms with Gasteiger partial charge in [-0.05, 0) is 19.1 Å². The second-order valence-electron chi connectivity index (χ2n) is 5.43. The van der Waals surface area contributed by atoms with Crippen molar-refractivity contribution in [2.75, 3.05) is 5.32 Å². The Morgan fingerprint density at radius 1 is 1.08 bits per heavy atom. The highest BCUT2D eigenvalue weighted by atomic mass is 32.1. The summed E-state index contributed by atoms with van der Waals surface area (Å²) in [6.07, 6.45) is 0. The molecule has 118 valence electrons. The molecule has 0 bridgehead atoms. The number of aromatic nitrogens is 3. The Labute approximate surface area is 142 Å². The molecule has 4 rings (SSSR count). The summed E-state index contributed by atoms with van der Waals surface area (Å²) in [4.78, 5) is 17.9. The van der Waals surface area contributed by atoms with Gasteiger partial charge in [-0.25, -0.2) is 4.98 Å². The summed E-state index contributed by atoms with van der Waals surface area (Å²) in [5.74, 6) is 0.407. The standard InChI is InChI=1S/C18H14N4OS/c1-12-7-9-14(10-8-12)17(23)21-16-15(13-5-3-2-4-6-13)20-18-22(16)19-11-24-18/h2-11H,1H3,(H,21,23). The van der Waals surface area contributed by atoms with Crippen molar-refractivity contribution in [1.29, 1.82) is 0 Å². The number of aryl methyl sites for hydroxylation is 1. The molecule has 0 aliphatic carbocycles. The van der Waals surface area contributed by atoms with Crippen LogP contribution < -0.4 is 5.32 Å². The van der Waals surface area contributed by atoms with E-state index in [-0.39, 0.29) is 5.91 Å². The van der Waals surface area contributed by atoms with Crippen molar-refractivity contribution < 1.29 is 4.79 Å². The minimum Gasteiger partial charge on any atom is -0.305 e. The monoisotopic (exact) mass is 334 g/mol. The first-order valence-corrected chi connectivity index (χ1v) is 8.36. The summed E-state index contributed by atoms with van der Waals surface area (Å²) in [7, 11) is 0. The molecule has 24 heavy (non-hydrogen) atoms. The minimum absolute atomic E-state index is 0.179. The number of hydrogen-bond donors (Lipinski definition) is 1. The van der Waals surface area contributed by atoms with E-state index in [0.29, 0.717) is 11.4 Å². The van der Waals surface area contributed by atoms with Gasteiger partial charge in [-0.3, -0.25) is 4.79 Å². The van der Waals surface area contributed by atoms with Crippen LogP contribution in [0.25, 0.3) is 16.2 Å². The highest BCUT2D eigenvalue weighted by molar-refractivity contribution is 7.14. The third-order valence-corrected chi connectivity index (χ3v) is 4.41. The SMILES string of the molecule is Cc1ccc(C(=O)Nc2c(-c3ccccc3)nc3scnn23)cc1. The van der Waals surface area contributed by atoms with Gasteiger partial charge in [0.05, 0.1) is 0 Å². The second kappa shape index (κ2) is 5.90. The molecular formula is C18H14N4OS. The van der Waals surface area contributed by atoms with E-state index in [1.165, 1.54) is 11.3 Å². The maximum Gasteiger partial charge on any atom is 0.256 e. The van der Waals surface area contributed by atoms with Crippen LogP contribution in [0.2, 0.25) is 0 Å². The zero-order valence-electron chi connectivity index (χ0n) is 12.9. The molecule has 0 radical (unpaired) electrons. The zero-order valence-corrected chi connectivity index (χ0v) is 13.7. The van der Waals surface area contributed by atoms with Gasteiger partial charge in [-0.1, -0.05) is 59.4 Å². The molecule has 0 atom stereocenters. The lowest BCUT2D eigenvalue weighted by molar-refractivity contribution is 0.102. The lowest BCUT2D eigenvalue weighted by Crippen LogP contribution is -2.14. The average Bonchev–Trinajstić information content (AvgIpc) is 3.19. The van der Waals surface area contributed by atoms with E-state index in [2.05, 4.69) is 15.4 Å². The summed E-state index contributed by atoms with van der Waals surface area (Å²) in [5, 5.41) is 7.24. The van der Waals surface area contributed by atoms with Crippen molar-refractivity contribution in [1.82, 2.24) is 14.6 Å². The first-order valence-electron chi connectivity index (χ1n) is 7.48. The van der Waals surface area contributed by atoms with Gasteiger partial charge in [0.1, 0.15) is 11.2 Å². The van der Waals surface area contributed by atoms with Gasteiger partial charge in [0.2, 0.25) is 4.96 Å². The molecule has 0 saturated carbocycles. The van der Waals surface area contributed by atoms with E-state index in [0.717, 1.165) is 21.8 Å². The third-order valence-electron chi connectivity index (χ3n) is 3.74. The van der Waals surface area contributed by atoms with Crippen LogP contribution in [-0.4, -0.2) is 20.5 Å². The van der Waals surface area contributed by atoms with Crippen LogP contribution >= 0.6 is 11.3 Å². The number of amides is 1. The number of benzene rings is 2. The van der Waals surface area contributed by atoms with E-state index in [1.807, 2.05) is 61.5 Å². The molecule has 0 spiro atoms. The molecule has 2 heterocycles. The highest BCUT2D eigenvalue weighted by Gasteiger charge is 2.18. The van der Waals surface area contributed by atoms with Crippen molar-refractivity contribution >= 4 is 28.0 Å². The number of imidazole rings is 1. The van der Waals surface area contributed by atoms with Gasteiger partial charge < -0.3 is 5.32 Å². The number of hydrogen-bond acceptors (Lipinski definition) is 4. The molecule has 0 fully saturated rings. The van der Waals surface area contributed by atoms with Crippen LogP contribution in [0.3, 0.4) is 0 Å². The van der Waals surface area contributed by atoms with Crippen molar-refractivity contribution in [3.63, 3.8) is 0 Å². The fourth-order valence-electron chi connectivity index (χ4n) is 2.49. The molecule has 2 aromatic heterocycles. The van der Waals surface area contributed by atoms with Gasteiger partial charge in [0.15, 0.2) is 5.82 Å². The van der Waals surface area contributed by atoms with Crippen molar-refractivity contribution in [3.8, 4) is 11.3 Å². The fraction of sp³-hybridized carbons (Fsp3) is 0.0556. The van der Waals surface area contributed by atoms with E-state index in [1.54, 1.807) is 10.0 Å². The zero-order chi connectivity index (χ0) is 16.5. The first kappa shape index (κ1) is 14.6. The molecule has 1 amide bonds. The maximum absolute atomic E-state index is 12.6. The van der Waals surface area contributed by atoms with Crippen molar-refractivity contribution in [3.05, 3.63) is 71.2 Å². The minimum atomic E-state index is -0.179. The van der Waals surface area contributed by atoms with E-state index in [9.17, 15) is 4.79 Å². The lowest BCUT2D eigenvalue weighted by atomic mass is 10.1. The van der Waals surface area contributed by atoms with E-state index in [4.69, 9.17) is 0 Å². The molecule has 0 aliphatic rings. The van der Waals surface area contributed by atoms with Gasteiger partial charge in [0, 0.05) is 11.1 Å². The summed E-state index contributed by atoms with van der Waals surface area (Å²) in [5.41, 5.74) is 5.08. The fourth-order valence-corrected chi connectivity index (χ4v) is 3.11. The van der Waals surface area contributed by atoms with Crippen LogP contribution in [0.15, 0.2) is 60.1 Å². The number of nitrogens with one attached hydrogen (secondary N) is 1. The Hall–Kier alpha value is -2.99. The number of anilines is 1. The topological polar surface area (TPSA) is 59.3 Å². The predicted molar refractivity (Wildman–Crippen MR) is 95.4 cm³/mol. The summed E-state index contributed by atoms with van der Waals surface area (Å²) < 4.78 is 1.67. The molecular weight excluding hydrogens is 320 g/mol. The molecule has 0 unspecified atom stereocenters. The summed E-state index contributed by atoms with van der Waals surface area (Å²) >= 11 is 1.43. The number of carbonyl (C=O) groups excluding carboxylic acids is 1. The Kier molecular flexibility index (Phi) is 3.59. The van der Waals surface area contributed by atoms with Crippen LogP contribution in [0.1, 0.15) is 15.9 Å². The van der Waals surface area contributed by atoms with Crippen LogP contribution in [0, 0.1) is 6.92 Å². The van der Waals surface area contributed by atoms with E-state index >= 15 is 0 Å². The second-order valence-corrected chi connectivity index (χ2v) is 6.24. The average molecular weight is 334 g/mol. The van der Waals surface area contributed by atoms with Gasteiger partial charge in [-0.2, -0.15) is 9.61 Å². The lowest BCUT2D eigenvalue weighted by Gasteiger charge is -2.07. The van der Waals surface area contributed by atoms with Crippen molar-refractivity contribution in [2.45, 2.75) is 6.92 Å². The highest BCUT2D eigenvalue weighted by Crippen LogP contribution is 2.29. The summed E-state index contributed by atoms with van der Waals surface area (Å²) in [6.45, 7) is 1.99. The number of carbonyl (C=O) groups is 1. The number of nitrogens with zero attached hydrogens (tertiary/aromatic N) is 3. The smallest absolute Gasteiger partial charge is 0.256 e. The Morgan fingerprint density at radius 2 is 1.83 bits per heavy atom. The normalized spacial score (nSPS) is 10.9. The molecule has 4 aromatic rings. The van der Waals surface area contributed by atoms with Crippen LogP contribution in [0.5, 0.6) is 0 Å². The van der Waals surface area contributed by atoms with Gasteiger partial charge >= 0.3 is 0 Å². The maximum atomic E-state index is 12.6. The number of rotatable bonds is 3. The molecule has 2 aromatic carbocycles. The van der Waals surface area contributed by atoms with Gasteiger partial charge in [-0.15, -0.1) is 0 Å². The molecule has 0 saturated heterocycles. The van der Waals surface area contributed by atoms with Crippen molar-refractivity contribution in [2.24, 2.45) is 0 Å². The molecule has 1 N–H and O–H groups in total. The largest absolute Gasteiger partial charge is 0.305 e. The molecule has 0 aliphatic heterocycles. The third kappa shape index (κ3) is 2.57. The Bertz CT molecular complexity index is 1000. The van der Waals surface area contributed by atoms with Crippen LogP contribution in [0.4, 0.5) is 5.82 Å². The van der Waals surface area contributed by atoms with Gasteiger partial charge in [0.25, 0.3) is 5.91 Å². The number of fused-ring (bicyclic) bond motifs is 1. The quantitative estimate of drug-likeness (QED) is 0.615. The summed E-state index contributed by atoms with van der Waals surface area (Å²) in [6, 6.07) is 17.2. The van der Waals surface area contributed by atoms with E-state index < -0.39 is 0 Å². The predicted octanol–water partition coefficient (Wildman–Crippen LogP) is 4.02. The molecule has 6 heteroatoms. The van der Waals surface area contributed by atoms with Crippen LogP contribution in [-0.2, 0) is 0 Å². The first-order chi connectivity index (χ1) is 11.7. The molecule has 5 nitrogen and oxygen atoms in total. The Morgan fingerprint density at radius 3 is 2.58 bits per heavy atom.